The number of sulfone groups is 1. The van der Waals surface area contributed by atoms with Crippen LogP contribution in [0.3, 0.4) is 0 Å². The summed E-state index contributed by atoms with van der Waals surface area (Å²) >= 11 is 0.467. The fourth-order valence-electron chi connectivity index (χ4n) is 1.19. The zero-order valence-electron chi connectivity index (χ0n) is 7.88. The molecule has 0 fully saturated rings. The summed E-state index contributed by atoms with van der Waals surface area (Å²) in [6, 6.07) is 7.62. The summed E-state index contributed by atoms with van der Waals surface area (Å²) in [6.07, 6.45) is 0. The summed E-state index contributed by atoms with van der Waals surface area (Å²) in [5.41, 5.74) is 0. The van der Waals surface area contributed by atoms with Crippen molar-refractivity contribution in [3.8, 4) is 5.88 Å². The number of nitrogens with one attached hydrogen (secondary N) is 1. The minimum absolute atomic E-state index is 0.0422. The van der Waals surface area contributed by atoms with Crippen molar-refractivity contribution in [3.63, 3.8) is 0 Å². The quantitative estimate of drug-likeness (QED) is 0.839. The van der Waals surface area contributed by atoms with Gasteiger partial charge in [-0.1, -0.05) is 29.5 Å². The maximum atomic E-state index is 12.0. The van der Waals surface area contributed by atoms with Crippen LogP contribution in [0, 0.1) is 0 Å². The van der Waals surface area contributed by atoms with E-state index in [1.165, 1.54) is 12.1 Å². The SMILES string of the molecule is O=c1[nH]c(O)c(S(=O)(=O)c2ccccc2)s1. The fourth-order valence-corrected chi connectivity index (χ4v) is 3.65. The Bertz CT molecular complexity index is 654. The van der Waals surface area contributed by atoms with Crippen LogP contribution >= 0.6 is 11.3 Å². The third-order valence-corrected chi connectivity index (χ3v) is 5.05. The van der Waals surface area contributed by atoms with Gasteiger partial charge in [-0.3, -0.25) is 9.78 Å². The molecule has 2 aromatic rings. The lowest BCUT2D eigenvalue weighted by Gasteiger charge is -2.00. The van der Waals surface area contributed by atoms with Crippen LogP contribution in [0.2, 0.25) is 0 Å². The van der Waals surface area contributed by atoms with Crippen molar-refractivity contribution in [1.82, 2.24) is 4.98 Å². The minimum atomic E-state index is -3.81. The van der Waals surface area contributed by atoms with Gasteiger partial charge in [0.05, 0.1) is 4.90 Å². The highest BCUT2D eigenvalue weighted by Gasteiger charge is 2.24. The molecule has 16 heavy (non-hydrogen) atoms. The lowest BCUT2D eigenvalue weighted by Crippen LogP contribution is -1.99. The Morgan fingerprint density at radius 3 is 2.31 bits per heavy atom. The molecule has 0 unspecified atom stereocenters. The smallest absolute Gasteiger partial charge is 0.308 e. The Morgan fingerprint density at radius 2 is 1.81 bits per heavy atom. The Hall–Kier alpha value is -1.60. The number of hydrogen-bond acceptors (Lipinski definition) is 5. The normalized spacial score (nSPS) is 11.5. The van der Waals surface area contributed by atoms with E-state index in [1.54, 1.807) is 18.2 Å². The van der Waals surface area contributed by atoms with Crippen LogP contribution in [0.4, 0.5) is 0 Å². The number of aromatic amines is 1. The van der Waals surface area contributed by atoms with Crippen molar-refractivity contribution >= 4 is 21.2 Å². The van der Waals surface area contributed by atoms with E-state index >= 15 is 0 Å². The number of hydrogen-bond donors (Lipinski definition) is 2. The molecule has 0 amide bonds. The molecule has 5 nitrogen and oxygen atoms in total. The van der Waals surface area contributed by atoms with Crippen LogP contribution in [-0.4, -0.2) is 18.5 Å². The average molecular weight is 257 g/mol. The second-order valence-electron chi connectivity index (χ2n) is 2.97. The van der Waals surface area contributed by atoms with Gasteiger partial charge < -0.3 is 5.11 Å². The molecule has 1 aromatic carbocycles. The van der Waals surface area contributed by atoms with E-state index in [9.17, 15) is 18.3 Å². The highest BCUT2D eigenvalue weighted by Crippen LogP contribution is 2.28. The third kappa shape index (κ3) is 1.74. The zero-order chi connectivity index (χ0) is 11.8. The van der Waals surface area contributed by atoms with Crippen LogP contribution in [-0.2, 0) is 9.84 Å². The standard InChI is InChI=1S/C9H7NO4S2/c11-7-8(15-9(12)10-7)16(13,14)6-4-2-1-3-5-6/h1-5,11H,(H,10,12). The lowest BCUT2D eigenvalue weighted by atomic mass is 10.4. The van der Waals surface area contributed by atoms with Crippen LogP contribution in [0.1, 0.15) is 0 Å². The molecule has 0 aliphatic heterocycles. The molecule has 7 heteroatoms. The van der Waals surface area contributed by atoms with Gasteiger partial charge in [-0.25, -0.2) is 8.42 Å². The van der Waals surface area contributed by atoms with E-state index in [0.29, 0.717) is 11.3 Å². The number of H-pyrrole nitrogens is 1. The van der Waals surface area contributed by atoms with Crippen LogP contribution < -0.4 is 4.87 Å². The van der Waals surface area contributed by atoms with Crippen LogP contribution in [0.5, 0.6) is 5.88 Å². The number of aromatic nitrogens is 1. The molecule has 0 spiro atoms. The number of benzene rings is 1. The van der Waals surface area contributed by atoms with Crippen LogP contribution in [0.25, 0.3) is 0 Å². The van der Waals surface area contributed by atoms with Crippen LogP contribution in [0.15, 0.2) is 44.2 Å². The topological polar surface area (TPSA) is 87.2 Å². The molecule has 0 aliphatic rings. The van der Waals surface area contributed by atoms with E-state index in [4.69, 9.17) is 0 Å². The largest absolute Gasteiger partial charge is 0.493 e. The summed E-state index contributed by atoms with van der Waals surface area (Å²) in [4.78, 5) is 12.4. The van der Waals surface area contributed by atoms with Crippen molar-refractivity contribution in [3.05, 3.63) is 40.0 Å². The molecular formula is C9H7NO4S2. The zero-order valence-corrected chi connectivity index (χ0v) is 9.51. The molecule has 1 heterocycles. The Morgan fingerprint density at radius 1 is 1.19 bits per heavy atom. The molecule has 0 saturated carbocycles. The predicted molar refractivity (Wildman–Crippen MR) is 58.5 cm³/mol. The number of aromatic hydroxyl groups is 1. The molecule has 2 N–H and O–H groups in total. The second kappa shape index (κ2) is 3.76. The Labute approximate surface area is 94.9 Å². The summed E-state index contributed by atoms with van der Waals surface area (Å²) in [6.45, 7) is 0. The molecule has 2 rings (SSSR count). The molecule has 0 saturated heterocycles. The molecule has 1 aromatic heterocycles. The van der Waals surface area contributed by atoms with E-state index in [-0.39, 0.29) is 9.10 Å². The van der Waals surface area contributed by atoms with E-state index in [2.05, 4.69) is 0 Å². The highest BCUT2D eigenvalue weighted by molar-refractivity contribution is 7.93. The van der Waals surface area contributed by atoms with Crippen molar-refractivity contribution in [2.75, 3.05) is 0 Å². The van der Waals surface area contributed by atoms with Crippen molar-refractivity contribution in [1.29, 1.82) is 0 Å². The second-order valence-corrected chi connectivity index (χ2v) is 6.10. The minimum Gasteiger partial charge on any atom is -0.493 e. The molecular weight excluding hydrogens is 250 g/mol. The van der Waals surface area contributed by atoms with Gasteiger partial charge in [0, 0.05) is 0 Å². The monoisotopic (exact) mass is 257 g/mol. The predicted octanol–water partition coefficient (Wildman–Crippen LogP) is 0.975. The van der Waals surface area contributed by atoms with Gasteiger partial charge in [0.25, 0.3) is 0 Å². The first-order valence-corrected chi connectivity index (χ1v) is 6.54. The van der Waals surface area contributed by atoms with E-state index in [1.807, 2.05) is 4.98 Å². The van der Waals surface area contributed by atoms with Gasteiger partial charge in [-0.05, 0) is 12.1 Å². The molecule has 0 radical (unpaired) electrons. The lowest BCUT2D eigenvalue weighted by molar-refractivity contribution is 0.442. The molecule has 0 aliphatic carbocycles. The van der Waals surface area contributed by atoms with Gasteiger partial charge in [0.15, 0.2) is 4.21 Å². The van der Waals surface area contributed by atoms with Gasteiger partial charge >= 0.3 is 4.87 Å². The van der Waals surface area contributed by atoms with Gasteiger partial charge in [-0.15, -0.1) is 0 Å². The summed E-state index contributed by atoms with van der Waals surface area (Å²) in [7, 11) is -3.81. The first-order valence-electron chi connectivity index (χ1n) is 4.24. The summed E-state index contributed by atoms with van der Waals surface area (Å²) in [5.74, 6) is -0.612. The average Bonchev–Trinajstić information content (AvgIpc) is 2.60. The van der Waals surface area contributed by atoms with Gasteiger partial charge in [0.1, 0.15) is 0 Å². The number of rotatable bonds is 2. The molecule has 0 bridgehead atoms. The van der Waals surface area contributed by atoms with Crippen molar-refractivity contribution < 1.29 is 13.5 Å². The maximum absolute atomic E-state index is 12.0. The van der Waals surface area contributed by atoms with Crippen molar-refractivity contribution in [2.45, 2.75) is 9.10 Å². The molecule has 84 valence electrons. The first-order chi connectivity index (χ1) is 7.51. The Kier molecular flexibility index (Phi) is 2.56. The fraction of sp³-hybridized carbons (Fsp3) is 0. The Balaban J connectivity index is 2.65. The van der Waals surface area contributed by atoms with E-state index < -0.39 is 20.6 Å². The first kappa shape index (κ1) is 10.9. The summed E-state index contributed by atoms with van der Waals surface area (Å²) < 4.78 is 23.6. The highest BCUT2D eigenvalue weighted by atomic mass is 32.2. The third-order valence-electron chi connectivity index (χ3n) is 1.90. The van der Waals surface area contributed by atoms with E-state index in [0.717, 1.165) is 0 Å². The maximum Gasteiger partial charge on any atom is 0.308 e. The van der Waals surface area contributed by atoms with Gasteiger partial charge in [-0.2, -0.15) is 0 Å². The van der Waals surface area contributed by atoms with Gasteiger partial charge in [0.2, 0.25) is 15.7 Å². The summed E-state index contributed by atoms with van der Waals surface area (Å²) in [5, 5.41) is 9.30. The number of thiazole rings is 1. The molecule has 0 atom stereocenters. The van der Waals surface area contributed by atoms with Crippen molar-refractivity contribution in [2.24, 2.45) is 0 Å².